The lowest BCUT2D eigenvalue weighted by Crippen LogP contribution is -2.44. The molecule has 0 saturated heterocycles. The summed E-state index contributed by atoms with van der Waals surface area (Å²) < 4.78 is 0. The van der Waals surface area contributed by atoms with Gasteiger partial charge >= 0.3 is 0 Å². The zero-order chi connectivity index (χ0) is 13.8. The number of carbonyl (C=O) groups is 1. The van der Waals surface area contributed by atoms with Crippen LogP contribution in [0.5, 0.6) is 0 Å². The minimum atomic E-state index is 0.0621. The summed E-state index contributed by atoms with van der Waals surface area (Å²) in [6.45, 7) is 2.16. The van der Waals surface area contributed by atoms with Gasteiger partial charge in [0.2, 0.25) is 5.91 Å². The van der Waals surface area contributed by atoms with Gasteiger partial charge in [-0.1, -0.05) is 0 Å². The van der Waals surface area contributed by atoms with Crippen LogP contribution in [0.25, 0.3) is 0 Å². The lowest BCUT2D eigenvalue weighted by atomic mass is 10.1. The van der Waals surface area contributed by atoms with Gasteiger partial charge in [0, 0.05) is 13.6 Å². The number of anilines is 2. The first kappa shape index (κ1) is 13.4. The summed E-state index contributed by atoms with van der Waals surface area (Å²) in [5.74, 6) is 0.0621. The Morgan fingerprint density at radius 2 is 2.21 bits per heavy atom. The van der Waals surface area contributed by atoms with E-state index in [0.717, 1.165) is 30.9 Å². The van der Waals surface area contributed by atoms with Crippen LogP contribution in [0.1, 0.15) is 12.0 Å². The van der Waals surface area contributed by atoms with Gasteiger partial charge in [-0.3, -0.25) is 4.79 Å². The molecule has 2 rings (SSSR count). The third-order valence-electron chi connectivity index (χ3n) is 3.36. The first-order valence-corrected chi connectivity index (χ1v) is 6.37. The predicted octanol–water partition coefficient (Wildman–Crippen LogP) is 0.951. The molecule has 1 aromatic rings. The van der Waals surface area contributed by atoms with Gasteiger partial charge in [-0.05, 0) is 38.2 Å². The van der Waals surface area contributed by atoms with E-state index in [4.69, 9.17) is 5.26 Å². The molecule has 0 radical (unpaired) electrons. The van der Waals surface area contributed by atoms with Crippen molar-refractivity contribution in [1.82, 2.24) is 5.32 Å². The van der Waals surface area contributed by atoms with Crippen molar-refractivity contribution in [2.75, 3.05) is 43.5 Å². The maximum atomic E-state index is 12.0. The zero-order valence-electron chi connectivity index (χ0n) is 11.3. The van der Waals surface area contributed by atoms with Crippen LogP contribution in [0.3, 0.4) is 0 Å². The molecule has 0 spiro atoms. The van der Waals surface area contributed by atoms with Gasteiger partial charge in [0.25, 0.3) is 0 Å². The Morgan fingerprint density at radius 3 is 2.89 bits per heavy atom. The van der Waals surface area contributed by atoms with E-state index >= 15 is 0 Å². The van der Waals surface area contributed by atoms with Crippen molar-refractivity contribution in [2.24, 2.45) is 0 Å². The Hall–Kier alpha value is -2.06. The standard InChI is InChI=1S/C14H18N4O/c1-16-6-3-7-18-10-14(19)17(2)13-8-11(9-15)4-5-12(13)18/h4-5,8,16H,3,6-7,10H2,1-2H3. The molecule has 19 heavy (non-hydrogen) atoms. The second-order valence-electron chi connectivity index (χ2n) is 4.65. The molecule has 1 amide bonds. The molecule has 0 aliphatic carbocycles. The Balaban J connectivity index is 2.29. The third-order valence-corrected chi connectivity index (χ3v) is 3.36. The van der Waals surface area contributed by atoms with Crippen molar-refractivity contribution >= 4 is 17.3 Å². The van der Waals surface area contributed by atoms with Crippen LogP contribution in [0.4, 0.5) is 11.4 Å². The average Bonchev–Trinajstić information content (AvgIpc) is 2.44. The molecule has 1 aliphatic heterocycles. The Bertz CT molecular complexity index is 521. The predicted molar refractivity (Wildman–Crippen MR) is 75.3 cm³/mol. The van der Waals surface area contributed by atoms with E-state index in [1.54, 1.807) is 24.1 Å². The van der Waals surface area contributed by atoms with Crippen LogP contribution in [-0.2, 0) is 4.79 Å². The molecule has 5 heteroatoms. The molecule has 1 N–H and O–H groups in total. The monoisotopic (exact) mass is 258 g/mol. The summed E-state index contributed by atoms with van der Waals surface area (Å²) in [6, 6.07) is 7.61. The number of amides is 1. The summed E-state index contributed by atoms with van der Waals surface area (Å²) >= 11 is 0. The molecule has 100 valence electrons. The molecule has 1 aromatic carbocycles. The van der Waals surface area contributed by atoms with Crippen molar-refractivity contribution in [3.05, 3.63) is 23.8 Å². The zero-order valence-corrected chi connectivity index (χ0v) is 11.3. The number of nitriles is 1. The molecular formula is C14H18N4O. The lowest BCUT2D eigenvalue weighted by molar-refractivity contribution is -0.117. The van der Waals surface area contributed by atoms with Crippen LogP contribution < -0.4 is 15.1 Å². The Morgan fingerprint density at radius 1 is 1.42 bits per heavy atom. The van der Waals surface area contributed by atoms with Crippen molar-refractivity contribution in [3.8, 4) is 6.07 Å². The van der Waals surface area contributed by atoms with Gasteiger partial charge in [-0.15, -0.1) is 0 Å². The fourth-order valence-electron chi connectivity index (χ4n) is 2.26. The van der Waals surface area contributed by atoms with Crippen LogP contribution >= 0.6 is 0 Å². The molecule has 0 saturated carbocycles. The first-order valence-electron chi connectivity index (χ1n) is 6.37. The fourth-order valence-corrected chi connectivity index (χ4v) is 2.26. The van der Waals surface area contributed by atoms with E-state index in [2.05, 4.69) is 16.3 Å². The van der Waals surface area contributed by atoms with Crippen LogP contribution in [0, 0.1) is 11.3 Å². The first-order chi connectivity index (χ1) is 9.17. The highest BCUT2D eigenvalue weighted by Crippen LogP contribution is 2.33. The number of nitrogens with one attached hydrogen (secondary N) is 1. The number of fused-ring (bicyclic) bond motifs is 1. The molecule has 0 unspecified atom stereocenters. The quantitative estimate of drug-likeness (QED) is 0.817. The molecule has 0 fully saturated rings. The Kier molecular flexibility index (Phi) is 4.03. The van der Waals surface area contributed by atoms with E-state index in [9.17, 15) is 4.79 Å². The van der Waals surface area contributed by atoms with Crippen molar-refractivity contribution < 1.29 is 4.79 Å². The van der Waals surface area contributed by atoms with Crippen LogP contribution in [-0.4, -0.2) is 39.6 Å². The smallest absolute Gasteiger partial charge is 0.246 e. The van der Waals surface area contributed by atoms with Crippen LogP contribution in [0.15, 0.2) is 18.2 Å². The van der Waals surface area contributed by atoms with E-state index < -0.39 is 0 Å². The number of hydrogen-bond acceptors (Lipinski definition) is 4. The number of hydrogen-bond donors (Lipinski definition) is 1. The third kappa shape index (κ3) is 2.69. The van der Waals surface area contributed by atoms with E-state index in [0.29, 0.717) is 12.1 Å². The molecule has 1 heterocycles. The summed E-state index contributed by atoms with van der Waals surface area (Å²) in [4.78, 5) is 15.7. The maximum Gasteiger partial charge on any atom is 0.246 e. The molecular weight excluding hydrogens is 240 g/mol. The van der Waals surface area contributed by atoms with Crippen molar-refractivity contribution in [3.63, 3.8) is 0 Å². The summed E-state index contributed by atoms with van der Waals surface area (Å²) in [7, 11) is 3.68. The van der Waals surface area contributed by atoms with Gasteiger partial charge < -0.3 is 15.1 Å². The van der Waals surface area contributed by atoms with Gasteiger partial charge in [0.15, 0.2) is 0 Å². The summed E-state index contributed by atoms with van der Waals surface area (Å²) in [6.07, 6.45) is 0.979. The highest BCUT2D eigenvalue weighted by molar-refractivity contribution is 6.03. The number of carbonyl (C=O) groups excluding carboxylic acids is 1. The molecule has 0 bridgehead atoms. The van der Waals surface area contributed by atoms with Gasteiger partial charge in [0.1, 0.15) is 0 Å². The topological polar surface area (TPSA) is 59.4 Å². The van der Waals surface area contributed by atoms with Crippen molar-refractivity contribution in [1.29, 1.82) is 5.26 Å². The van der Waals surface area contributed by atoms with E-state index in [-0.39, 0.29) is 5.91 Å². The highest BCUT2D eigenvalue weighted by atomic mass is 16.2. The number of nitrogens with zero attached hydrogens (tertiary/aromatic N) is 3. The molecule has 0 aromatic heterocycles. The van der Waals surface area contributed by atoms with Crippen LogP contribution in [0.2, 0.25) is 0 Å². The SMILES string of the molecule is CNCCCN1CC(=O)N(C)c2cc(C#N)ccc21. The van der Waals surface area contributed by atoms with Gasteiger partial charge in [-0.25, -0.2) is 0 Å². The summed E-state index contributed by atoms with van der Waals surface area (Å²) in [5.41, 5.74) is 2.42. The van der Waals surface area contributed by atoms with E-state index in [1.807, 2.05) is 13.1 Å². The van der Waals surface area contributed by atoms with E-state index in [1.165, 1.54) is 0 Å². The van der Waals surface area contributed by atoms with Gasteiger partial charge in [-0.2, -0.15) is 5.26 Å². The minimum absolute atomic E-state index is 0.0621. The molecule has 1 aliphatic rings. The summed E-state index contributed by atoms with van der Waals surface area (Å²) in [5, 5.41) is 12.1. The fraction of sp³-hybridized carbons (Fsp3) is 0.429. The average molecular weight is 258 g/mol. The maximum absolute atomic E-state index is 12.0. The number of benzene rings is 1. The largest absolute Gasteiger partial charge is 0.360 e. The second kappa shape index (κ2) is 5.72. The highest BCUT2D eigenvalue weighted by Gasteiger charge is 2.26. The molecule has 5 nitrogen and oxygen atoms in total. The van der Waals surface area contributed by atoms with Gasteiger partial charge in [0.05, 0.1) is 29.6 Å². The number of rotatable bonds is 4. The Labute approximate surface area is 113 Å². The molecule has 0 atom stereocenters. The normalized spacial score (nSPS) is 14.3. The second-order valence-corrected chi connectivity index (χ2v) is 4.65. The lowest BCUT2D eigenvalue weighted by Gasteiger charge is -2.35. The number of likely N-dealkylation sites (N-methyl/N-ethyl adjacent to an activating group) is 1. The minimum Gasteiger partial charge on any atom is -0.360 e. The van der Waals surface area contributed by atoms with Crippen molar-refractivity contribution in [2.45, 2.75) is 6.42 Å².